The lowest BCUT2D eigenvalue weighted by molar-refractivity contribution is -0.347. The second kappa shape index (κ2) is 14.8. The number of aliphatic hydroxyl groups is 2. The summed E-state index contributed by atoms with van der Waals surface area (Å²) in [6, 6.07) is 0.585. The Morgan fingerprint density at radius 1 is 0.979 bits per heavy atom. The van der Waals surface area contributed by atoms with Crippen LogP contribution in [0.4, 0.5) is 13.2 Å². The van der Waals surface area contributed by atoms with Gasteiger partial charge in [-0.2, -0.15) is 0 Å². The molecule has 0 spiro atoms. The lowest BCUT2D eigenvalue weighted by atomic mass is 9.66. The number of halogens is 3. The van der Waals surface area contributed by atoms with Crippen molar-refractivity contribution in [3.63, 3.8) is 0 Å². The van der Waals surface area contributed by atoms with Crippen LogP contribution in [0, 0.1) is 17.8 Å². The van der Waals surface area contributed by atoms with Gasteiger partial charge in [0.25, 0.3) is 0 Å². The quantitative estimate of drug-likeness (QED) is 0.192. The molecule has 0 bridgehead atoms. The van der Waals surface area contributed by atoms with Crippen molar-refractivity contribution in [2.75, 3.05) is 26.8 Å². The third-order valence-corrected chi connectivity index (χ3v) is 13.4. The van der Waals surface area contributed by atoms with Crippen molar-refractivity contribution in [3.8, 4) is 0 Å². The number of alkyl halides is 3. The minimum absolute atomic E-state index is 0.0195. The Labute approximate surface area is 283 Å². The maximum absolute atomic E-state index is 13.3. The first-order valence-corrected chi connectivity index (χ1v) is 19.0. The molecule has 4 saturated heterocycles. The van der Waals surface area contributed by atoms with Gasteiger partial charge in [-0.15, -0.1) is 13.2 Å². The summed E-state index contributed by atoms with van der Waals surface area (Å²) in [5, 5.41) is 36.4. The average Bonchev–Trinajstić information content (AvgIpc) is 3.66. The molecule has 0 aromatic heterocycles. The molecule has 7 aliphatic rings. The first kappa shape index (κ1) is 35.7. The van der Waals surface area contributed by atoms with Crippen LogP contribution >= 0.6 is 0 Å². The summed E-state index contributed by atoms with van der Waals surface area (Å²) in [5.74, 6) is 1.19. The van der Waals surface area contributed by atoms with Crippen molar-refractivity contribution in [1.82, 2.24) is 31.1 Å². The van der Waals surface area contributed by atoms with Crippen molar-refractivity contribution < 1.29 is 32.9 Å². The number of hydrogen-bond donors (Lipinski definition) is 7. The minimum Gasteiger partial charge on any atom is -0.387 e. The fraction of sp³-hybridized carbons (Fsp3) is 1.00. The fourth-order valence-corrected chi connectivity index (χ4v) is 10.7. The Morgan fingerprint density at radius 2 is 1.73 bits per heavy atom. The van der Waals surface area contributed by atoms with E-state index >= 15 is 0 Å². The van der Waals surface area contributed by atoms with Crippen molar-refractivity contribution in [1.29, 1.82) is 0 Å². The summed E-state index contributed by atoms with van der Waals surface area (Å²) < 4.78 is 50.8. The molecule has 4 heterocycles. The fourth-order valence-electron chi connectivity index (χ4n) is 10.7. The minimum atomic E-state index is -4.60. The van der Waals surface area contributed by atoms with E-state index in [1.807, 2.05) is 0 Å². The number of ether oxygens (including phenoxy) is 2. The Balaban J connectivity index is 0.889. The number of likely N-dealkylation sites (tertiary alicyclic amines) is 1. The van der Waals surface area contributed by atoms with E-state index in [4.69, 9.17) is 10.5 Å². The molecule has 7 fully saturated rings. The van der Waals surface area contributed by atoms with Crippen molar-refractivity contribution in [2.24, 2.45) is 23.5 Å². The van der Waals surface area contributed by atoms with Gasteiger partial charge in [-0.1, -0.05) is 32.1 Å². The number of hydrogen-bond acceptors (Lipinski definition) is 11. The number of nitrogens with one attached hydrogen (secondary N) is 4. The summed E-state index contributed by atoms with van der Waals surface area (Å²) in [7, 11) is 2.08. The SMILES string of the molecule is CN(C[C@H]1O[C@@H](N2CCC3C(N)NCNC32)[C@H](O)[C@@H]1O)[C@H]1C[C@@H](CCC2NC3CCC(OC(F)(F)F)CC3(C3CCCCCCC3)N2)C1. The normalized spacial score (nSPS) is 46.2. The largest absolute Gasteiger partial charge is 0.522 e. The highest BCUT2D eigenvalue weighted by Gasteiger charge is 2.56. The van der Waals surface area contributed by atoms with Crippen LogP contribution in [0.3, 0.4) is 0 Å². The predicted octanol–water partition coefficient (Wildman–Crippen LogP) is 2.08. The Kier molecular flexibility index (Phi) is 11.0. The van der Waals surface area contributed by atoms with Crippen LogP contribution < -0.4 is 27.0 Å². The van der Waals surface area contributed by atoms with Gasteiger partial charge in [0.15, 0.2) is 0 Å². The van der Waals surface area contributed by atoms with Gasteiger partial charge in [-0.25, -0.2) is 0 Å². The molecule has 0 radical (unpaired) electrons. The first-order chi connectivity index (χ1) is 23.0. The summed E-state index contributed by atoms with van der Waals surface area (Å²) in [6.07, 6.45) is 6.49. The van der Waals surface area contributed by atoms with E-state index in [0.29, 0.717) is 50.4 Å². The van der Waals surface area contributed by atoms with E-state index in [2.05, 4.69) is 42.9 Å². The highest BCUT2D eigenvalue weighted by atomic mass is 19.4. The molecule has 48 heavy (non-hydrogen) atoms. The highest BCUT2D eigenvalue weighted by Crippen LogP contribution is 2.46. The van der Waals surface area contributed by atoms with E-state index in [1.54, 1.807) is 0 Å². The molecule has 3 saturated carbocycles. The molecule has 7 rings (SSSR count). The van der Waals surface area contributed by atoms with Crippen LogP contribution in [0.15, 0.2) is 0 Å². The van der Waals surface area contributed by atoms with Gasteiger partial charge in [-0.3, -0.25) is 30.9 Å². The Morgan fingerprint density at radius 3 is 2.48 bits per heavy atom. The number of aliphatic hydroxyl groups excluding tert-OH is 2. The smallest absolute Gasteiger partial charge is 0.387 e. The van der Waals surface area contributed by atoms with Crippen LogP contribution in [0.25, 0.3) is 0 Å². The van der Waals surface area contributed by atoms with E-state index in [1.165, 1.54) is 19.3 Å². The van der Waals surface area contributed by atoms with Crippen molar-refractivity contribution >= 4 is 0 Å². The molecule has 11 atom stereocenters. The lowest BCUT2D eigenvalue weighted by Crippen LogP contribution is -2.64. The van der Waals surface area contributed by atoms with E-state index in [9.17, 15) is 23.4 Å². The molecule has 0 aromatic carbocycles. The molecule has 11 nitrogen and oxygen atoms in total. The molecule has 7 unspecified atom stereocenters. The van der Waals surface area contributed by atoms with Crippen molar-refractivity contribution in [3.05, 3.63) is 0 Å². The van der Waals surface area contributed by atoms with Crippen LogP contribution in [0.2, 0.25) is 0 Å². The van der Waals surface area contributed by atoms with Gasteiger partial charge in [0.05, 0.1) is 24.6 Å². The molecule has 4 aliphatic heterocycles. The van der Waals surface area contributed by atoms with Crippen LogP contribution in [-0.2, 0) is 9.47 Å². The molecule has 0 aromatic rings. The van der Waals surface area contributed by atoms with Crippen molar-refractivity contribution in [2.45, 2.75) is 169 Å². The monoisotopic (exact) mass is 687 g/mol. The third kappa shape index (κ3) is 7.46. The molecule has 8 N–H and O–H groups in total. The van der Waals surface area contributed by atoms with Crippen LogP contribution in [0.5, 0.6) is 0 Å². The maximum atomic E-state index is 13.3. The topological polar surface area (TPSA) is 140 Å². The maximum Gasteiger partial charge on any atom is 0.522 e. The molecule has 276 valence electrons. The second-order valence-corrected chi connectivity index (χ2v) is 16.3. The molecular formula is C34H60F3N7O4. The molecule has 3 aliphatic carbocycles. The predicted molar refractivity (Wildman–Crippen MR) is 174 cm³/mol. The lowest BCUT2D eigenvalue weighted by Gasteiger charge is -2.48. The summed E-state index contributed by atoms with van der Waals surface area (Å²) in [6.45, 7) is 1.92. The highest BCUT2D eigenvalue weighted by molar-refractivity contribution is 5.13. The number of likely N-dealkylation sites (N-methyl/N-ethyl adjacent to an activating group) is 1. The zero-order valence-electron chi connectivity index (χ0n) is 28.6. The van der Waals surface area contributed by atoms with Gasteiger partial charge >= 0.3 is 6.36 Å². The summed E-state index contributed by atoms with van der Waals surface area (Å²) in [5.41, 5.74) is 5.94. The summed E-state index contributed by atoms with van der Waals surface area (Å²) in [4.78, 5) is 4.40. The number of fused-ring (bicyclic) bond motifs is 2. The number of rotatable bonds is 9. The first-order valence-electron chi connectivity index (χ1n) is 19.0. The Bertz CT molecular complexity index is 1070. The van der Waals surface area contributed by atoms with Gasteiger partial charge in [0.2, 0.25) is 0 Å². The molecular weight excluding hydrogens is 627 g/mol. The standard InChI is InChI=1S/C34H60F3N7O4/c1-43(18-25-28(45)29(46)32(47-25)44-14-13-24-30(38)39-19-40-31(24)44)22-15-20(16-22)9-12-27-41-26-11-10-23(48-34(35,36)37)17-33(26,42-27)21-7-5-3-2-4-6-8-21/h20-32,39-42,45-46H,2-19,38H2,1H3/t20-,22+,23?,24?,25-,26?,27?,28-,29-,30?,31?,32-,33?/m1/s1. The van der Waals surface area contributed by atoms with E-state index in [-0.39, 0.29) is 36.0 Å². The average molecular weight is 688 g/mol. The van der Waals surface area contributed by atoms with Gasteiger partial charge in [0.1, 0.15) is 24.5 Å². The van der Waals surface area contributed by atoms with E-state index < -0.39 is 37.0 Å². The van der Waals surface area contributed by atoms with Gasteiger partial charge in [-0.05, 0) is 83.1 Å². The zero-order chi connectivity index (χ0) is 33.6. The van der Waals surface area contributed by atoms with Gasteiger partial charge in [0, 0.05) is 43.3 Å². The second-order valence-electron chi connectivity index (χ2n) is 16.3. The Hall–Kier alpha value is -0.650. The number of nitrogens with zero attached hydrogens (tertiary/aromatic N) is 2. The van der Waals surface area contributed by atoms with Crippen LogP contribution in [0.1, 0.15) is 96.3 Å². The molecule has 0 amide bonds. The number of nitrogens with two attached hydrogens (primary N) is 1. The zero-order valence-corrected chi connectivity index (χ0v) is 28.6. The third-order valence-electron chi connectivity index (χ3n) is 13.4. The van der Waals surface area contributed by atoms with Gasteiger partial charge < -0.3 is 25.6 Å². The summed E-state index contributed by atoms with van der Waals surface area (Å²) >= 11 is 0. The van der Waals surface area contributed by atoms with E-state index in [0.717, 1.165) is 64.3 Å². The molecule has 14 heteroatoms. The van der Waals surface area contributed by atoms with Crippen LogP contribution in [-0.4, -0.2) is 120 Å².